The normalized spacial score (nSPS) is 17.0. The molecule has 1 aromatic carbocycles. The predicted octanol–water partition coefficient (Wildman–Crippen LogP) is 2.75. The van der Waals surface area contributed by atoms with Gasteiger partial charge in [0.05, 0.1) is 11.4 Å². The minimum Gasteiger partial charge on any atom is -0.481 e. The number of ketones is 1. The maximum atomic E-state index is 12.1. The first kappa shape index (κ1) is 15.0. The summed E-state index contributed by atoms with van der Waals surface area (Å²) >= 11 is 3.39. The van der Waals surface area contributed by atoms with E-state index in [4.69, 9.17) is 9.47 Å². The maximum absolute atomic E-state index is 12.1. The number of ether oxygens (including phenoxy) is 2. The van der Waals surface area contributed by atoms with Crippen LogP contribution >= 0.6 is 15.9 Å². The van der Waals surface area contributed by atoms with Crippen molar-refractivity contribution in [3.63, 3.8) is 0 Å². The van der Waals surface area contributed by atoms with Gasteiger partial charge < -0.3 is 9.47 Å². The van der Waals surface area contributed by atoms with E-state index in [0.29, 0.717) is 18.8 Å². The SMILES string of the molecule is CCOC(=O)COc1c(C)cc(C)c2c1CC(Br)C2=O. The smallest absolute Gasteiger partial charge is 0.344 e. The first-order chi connectivity index (χ1) is 9.45. The van der Waals surface area contributed by atoms with Gasteiger partial charge >= 0.3 is 5.97 Å². The molecule has 2 rings (SSSR count). The minimum atomic E-state index is -0.402. The van der Waals surface area contributed by atoms with Crippen molar-refractivity contribution in [3.8, 4) is 5.75 Å². The molecule has 0 aromatic heterocycles. The average Bonchev–Trinajstić information content (AvgIpc) is 2.66. The van der Waals surface area contributed by atoms with Gasteiger partial charge in [-0.15, -0.1) is 0 Å². The Hall–Kier alpha value is -1.36. The number of alkyl halides is 1. The van der Waals surface area contributed by atoms with Gasteiger partial charge in [-0.25, -0.2) is 4.79 Å². The van der Waals surface area contributed by atoms with Gasteiger partial charge in [-0.1, -0.05) is 22.0 Å². The van der Waals surface area contributed by atoms with Crippen molar-refractivity contribution in [2.24, 2.45) is 0 Å². The molecular formula is C15H17BrO4. The number of hydrogen-bond acceptors (Lipinski definition) is 4. The molecule has 1 aliphatic rings. The Balaban J connectivity index is 2.31. The molecule has 108 valence electrons. The quantitative estimate of drug-likeness (QED) is 0.624. The lowest BCUT2D eigenvalue weighted by Gasteiger charge is -2.14. The van der Waals surface area contributed by atoms with Crippen molar-refractivity contribution in [1.29, 1.82) is 0 Å². The van der Waals surface area contributed by atoms with E-state index < -0.39 is 5.97 Å². The van der Waals surface area contributed by atoms with E-state index in [2.05, 4.69) is 15.9 Å². The fourth-order valence-electron chi connectivity index (χ4n) is 2.55. The molecule has 0 heterocycles. The Morgan fingerprint density at radius 3 is 2.75 bits per heavy atom. The standard InChI is InChI=1S/C15H17BrO4/c1-4-19-12(17)7-20-15-9(3)5-8(2)13-10(15)6-11(16)14(13)18/h5,11H,4,6-7H2,1-3H3. The summed E-state index contributed by atoms with van der Waals surface area (Å²) in [5, 5.41) is 0. The highest BCUT2D eigenvalue weighted by Gasteiger charge is 2.33. The topological polar surface area (TPSA) is 52.6 Å². The number of benzene rings is 1. The van der Waals surface area contributed by atoms with Crippen LogP contribution in [-0.2, 0) is 16.0 Å². The molecule has 0 saturated carbocycles. The van der Waals surface area contributed by atoms with Gasteiger partial charge in [0, 0.05) is 11.1 Å². The van der Waals surface area contributed by atoms with Crippen LogP contribution in [0.15, 0.2) is 6.07 Å². The second-order valence-corrected chi connectivity index (χ2v) is 5.93. The summed E-state index contributed by atoms with van der Waals surface area (Å²) in [6, 6.07) is 1.92. The molecular weight excluding hydrogens is 324 g/mol. The third kappa shape index (κ3) is 2.73. The number of halogens is 1. The number of Topliss-reactive ketones (excluding diaryl/α,β-unsaturated/α-hetero) is 1. The summed E-state index contributed by atoms with van der Waals surface area (Å²) in [7, 11) is 0. The molecule has 0 amide bonds. The van der Waals surface area contributed by atoms with E-state index in [0.717, 1.165) is 22.3 Å². The molecule has 0 bridgehead atoms. The van der Waals surface area contributed by atoms with Crippen LogP contribution in [0.1, 0.15) is 34.0 Å². The van der Waals surface area contributed by atoms with E-state index in [-0.39, 0.29) is 17.2 Å². The van der Waals surface area contributed by atoms with E-state index in [1.54, 1.807) is 6.92 Å². The van der Waals surface area contributed by atoms with Crippen LogP contribution in [0.2, 0.25) is 0 Å². The molecule has 0 N–H and O–H groups in total. The van der Waals surface area contributed by atoms with Crippen molar-refractivity contribution >= 4 is 27.7 Å². The highest BCUT2D eigenvalue weighted by molar-refractivity contribution is 9.10. The minimum absolute atomic E-state index is 0.0819. The fraction of sp³-hybridized carbons (Fsp3) is 0.467. The molecule has 1 unspecified atom stereocenters. The third-order valence-corrected chi connectivity index (χ3v) is 4.05. The van der Waals surface area contributed by atoms with Crippen LogP contribution in [-0.4, -0.2) is 29.8 Å². The van der Waals surface area contributed by atoms with Gasteiger partial charge in [0.2, 0.25) is 0 Å². The van der Waals surface area contributed by atoms with Crippen LogP contribution in [0.25, 0.3) is 0 Å². The van der Waals surface area contributed by atoms with Gasteiger partial charge in [-0.2, -0.15) is 0 Å². The van der Waals surface area contributed by atoms with Gasteiger partial charge in [0.25, 0.3) is 0 Å². The van der Waals surface area contributed by atoms with Crippen LogP contribution in [0.4, 0.5) is 0 Å². The van der Waals surface area contributed by atoms with E-state index in [1.165, 1.54) is 0 Å². The number of hydrogen-bond donors (Lipinski definition) is 0. The molecule has 0 spiro atoms. The molecule has 1 atom stereocenters. The van der Waals surface area contributed by atoms with Crippen LogP contribution in [0, 0.1) is 13.8 Å². The number of fused-ring (bicyclic) bond motifs is 1. The van der Waals surface area contributed by atoms with Crippen LogP contribution < -0.4 is 4.74 Å². The van der Waals surface area contributed by atoms with Crippen molar-refractivity contribution < 1.29 is 19.1 Å². The van der Waals surface area contributed by atoms with Crippen molar-refractivity contribution in [2.75, 3.05) is 13.2 Å². The zero-order valence-electron chi connectivity index (χ0n) is 11.8. The summed E-state index contributed by atoms with van der Waals surface area (Å²) in [4.78, 5) is 23.3. The number of carbonyl (C=O) groups excluding carboxylic acids is 2. The Kier molecular flexibility index (Phi) is 4.48. The largest absolute Gasteiger partial charge is 0.481 e. The number of aryl methyl sites for hydroxylation is 2. The Bertz CT molecular complexity index is 565. The molecule has 4 nitrogen and oxygen atoms in total. The zero-order valence-corrected chi connectivity index (χ0v) is 13.4. The number of esters is 1. The van der Waals surface area contributed by atoms with Crippen molar-refractivity contribution in [3.05, 3.63) is 28.3 Å². The van der Waals surface area contributed by atoms with Crippen LogP contribution in [0.3, 0.4) is 0 Å². The van der Waals surface area contributed by atoms with Crippen LogP contribution in [0.5, 0.6) is 5.75 Å². The fourth-order valence-corrected chi connectivity index (χ4v) is 3.11. The van der Waals surface area contributed by atoms with Gasteiger partial charge in [-0.05, 0) is 38.3 Å². The summed E-state index contributed by atoms with van der Waals surface area (Å²) in [5.41, 5.74) is 3.49. The molecule has 0 aliphatic heterocycles. The molecule has 0 saturated heterocycles. The summed E-state index contributed by atoms with van der Waals surface area (Å²) in [6.07, 6.45) is 0.592. The molecule has 0 radical (unpaired) electrons. The summed E-state index contributed by atoms with van der Waals surface area (Å²) in [5.74, 6) is 0.313. The van der Waals surface area contributed by atoms with E-state index >= 15 is 0 Å². The highest BCUT2D eigenvalue weighted by Crippen LogP contribution is 2.38. The number of carbonyl (C=O) groups is 2. The van der Waals surface area contributed by atoms with Gasteiger partial charge in [-0.3, -0.25) is 4.79 Å². The van der Waals surface area contributed by atoms with Crippen molar-refractivity contribution in [2.45, 2.75) is 32.0 Å². The van der Waals surface area contributed by atoms with E-state index in [1.807, 2.05) is 19.9 Å². The molecule has 0 fully saturated rings. The highest BCUT2D eigenvalue weighted by atomic mass is 79.9. The van der Waals surface area contributed by atoms with Gasteiger partial charge in [0.15, 0.2) is 12.4 Å². The molecule has 20 heavy (non-hydrogen) atoms. The Labute approximate surface area is 126 Å². The second kappa shape index (κ2) is 5.95. The molecule has 1 aromatic rings. The first-order valence-corrected chi connectivity index (χ1v) is 7.47. The van der Waals surface area contributed by atoms with Crippen molar-refractivity contribution in [1.82, 2.24) is 0 Å². The van der Waals surface area contributed by atoms with E-state index in [9.17, 15) is 9.59 Å². The lowest BCUT2D eigenvalue weighted by atomic mass is 9.99. The zero-order chi connectivity index (χ0) is 14.9. The third-order valence-electron chi connectivity index (χ3n) is 3.32. The first-order valence-electron chi connectivity index (χ1n) is 6.55. The lowest BCUT2D eigenvalue weighted by molar-refractivity contribution is -0.145. The predicted molar refractivity (Wildman–Crippen MR) is 78.8 cm³/mol. The number of rotatable bonds is 4. The average molecular weight is 341 g/mol. The molecule has 1 aliphatic carbocycles. The molecule has 5 heteroatoms. The van der Waals surface area contributed by atoms with Gasteiger partial charge in [0.1, 0.15) is 5.75 Å². The summed E-state index contributed by atoms with van der Waals surface area (Å²) < 4.78 is 10.4. The lowest BCUT2D eigenvalue weighted by Crippen LogP contribution is -2.16. The maximum Gasteiger partial charge on any atom is 0.344 e. The monoisotopic (exact) mass is 340 g/mol. The Morgan fingerprint density at radius 1 is 1.40 bits per heavy atom. The second-order valence-electron chi connectivity index (χ2n) is 4.82. The Morgan fingerprint density at radius 2 is 2.10 bits per heavy atom. The summed E-state index contributed by atoms with van der Waals surface area (Å²) in [6.45, 7) is 5.78.